The Bertz CT molecular complexity index is 1270. The quantitative estimate of drug-likeness (QED) is 0.0262. The summed E-state index contributed by atoms with van der Waals surface area (Å²) >= 11 is 0. The summed E-state index contributed by atoms with van der Waals surface area (Å²) in [6.07, 6.45) is 71.9. The maximum absolute atomic E-state index is 12.8. The van der Waals surface area contributed by atoms with Crippen LogP contribution < -0.4 is 0 Å². The standard InChI is InChI=1S/C62H108O6/c1-4-7-10-13-16-19-21-23-25-27-29-30-31-32-34-35-37-39-41-43-46-49-52-55-61(64)67-58-59(57-66-60(63)54-51-48-45-18-15-12-9-6-3)68-62(65)56-53-50-47-44-42-40-38-36-33-28-26-24-22-20-17-14-11-8-5-2/h17,20-21,23-24,26-27,29,31-33,36,59H,4-16,18-19,22,25,28,30,34-35,37-58H2,1-3H3/b20-17-,23-21-,26-24-,29-27-,32-31-,36-33-. The highest BCUT2D eigenvalue weighted by atomic mass is 16.6. The Morgan fingerprint density at radius 1 is 0.294 bits per heavy atom. The zero-order valence-corrected chi connectivity index (χ0v) is 44.9. The Hall–Kier alpha value is -3.15. The summed E-state index contributed by atoms with van der Waals surface area (Å²) in [5.41, 5.74) is 0. The van der Waals surface area contributed by atoms with Crippen LogP contribution in [-0.4, -0.2) is 37.2 Å². The third-order valence-electron chi connectivity index (χ3n) is 12.4. The molecule has 0 saturated heterocycles. The fourth-order valence-corrected chi connectivity index (χ4v) is 8.04. The molecule has 0 fully saturated rings. The highest BCUT2D eigenvalue weighted by Gasteiger charge is 2.19. The van der Waals surface area contributed by atoms with E-state index in [1.54, 1.807) is 0 Å². The van der Waals surface area contributed by atoms with Gasteiger partial charge in [-0.2, -0.15) is 0 Å². The Morgan fingerprint density at radius 2 is 0.529 bits per heavy atom. The van der Waals surface area contributed by atoms with Crippen molar-refractivity contribution in [3.05, 3.63) is 72.9 Å². The van der Waals surface area contributed by atoms with Crippen LogP contribution in [-0.2, 0) is 28.6 Å². The minimum atomic E-state index is -0.783. The van der Waals surface area contributed by atoms with Crippen molar-refractivity contribution < 1.29 is 28.6 Å². The van der Waals surface area contributed by atoms with Gasteiger partial charge in [0.25, 0.3) is 0 Å². The molecule has 0 bridgehead atoms. The molecule has 0 heterocycles. The molecule has 0 rings (SSSR count). The summed E-state index contributed by atoms with van der Waals surface area (Å²) < 4.78 is 16.8. The number of hydrogen-bond donors (Lipinski definition) is 0. The van der Waals surface area contributed by atoms with Gasteiger partial charge in [-0.3, -0.25) is 14.4 Å². The molecule has 0 aliphatic carbocycles. The molecule has 0 radical (unpaired) electrons. The third-order valence-corrected chi connectivity index (χ3v) is 12.4. The molecule has 1 unspecified atom stereocenters. The van der Waals surface area contributed by atoms with Gasteiger partial charge in [0.2, 0.25) is 0 Å². The SMILES string of the molecule is CCCCC/C=C\C/C=C\C/C=C\CCCCCCCCC(=O)OC(COC(=O)CCCCCCCCCC)COC(=O)CCCCCCCCCC/C=C\C/C=C\C/C=C\CCCCCCC. The van der Waals surface area contributed by atoms with Gasteiger partial charge in [0.1, 0.15) is 13.2 Å². The Labute approximate surface area is 421 Å². The molecule has 0 aromatic rings. The van der Waals surface area contributed by atoms with Crippen molar-refractivity contribution in [2.75, 3.05) is 13.2 Å². The second kappa shape index (κ2) is 56.4. The number of carbonyl (C=O) groups excluding carboxylic acids is 3. The van der Waals surface area contributed by atoms with Gasteiger partial charge in [-0.25, -0.2) is 0 Å². The average Bonchev–Trinajstić information content (AvgIpc) is 3.34. The van der Waals surface area contributed by atoms with Gasteiger partial charge in [-0.15, -0.1) is 0 Å². The fraction of sp³-hybridized carbons (Fsp3) is 0.758. The van der Waals surface area contributed by atoms with E-state index in [-0.39, 0.29) is 31.1 Å². The van der Waals surface area contributed by atoms with Gasteiger partial charge < -0.3 is 14.2 Å². The van der Waals surface area contributed by atoms with Crippen LogP contribution in [0.5, 0.6) is 0 Å². The van der Waals surface area contributed by atoms with Crippen LogP contribution in [0.2, 0.25) is 0 Å². The Morgan fingerprint density at radius 3 is 0.853 bits per heavy atom. The molecule has 0 aromatic carbocycles. The van der Waals surface area contributed by atoms with Crippen molar-refractivity contribution in [2.24, 2.45) is 0 Å². The first-order chi connectivity index (χ1) is 33.5. The second-order valence-electron chi connectivity index (χ2n) is 19.2. The second-order valence-corrected chi connectivity index (χ2v) is 19.2. The van der Waals surface area contributed by atoms with Crippen LogP contribution in [0.4, 0.5) is 0 Å². The summed E-state index contributed by atoms with van der Waals surface area (Å²) in [5, 5.41) is 0. The van der Waals surface area contributed by atoms with Gasteiger partial charge in [-0.05, 0) is 96.3 Å². The molecule has 0 spiro atoms. The number of esters is 3. The number of hydrogen-bond acceptors (Lipinski definition) is 6. The van der Waals surface area contributed by atoms with Gasteiger partial charge in [0, 0.05) is 19.3 Å². The smallest absolute Gasteiger partial charge is 0.306 e. The van der Waals surface area contributed by atoms with Crippen LogP contribution >= 0.6 is 0 Å². The maximum atomic E-state index is 12.8. The molecule has 392 valence electrons. The zero-order chi connectivity index (χ0) is 49.3. The lowest BCUT2D eigenvalue weighted by Crippen LogP contribution is -2.30. The number of rotatable bonds is 52. The van der Waals surface area contributed by atoms with Crippen molar-refractivity contribution in [1.29, 1.82) is 0 Å². The van der Waals surface area contributed by atoms with E-state index in [2.05, 4.69) is 93.7 Å². The fourth-order valence-electron chi connectivity index (χ4n) is 8.04. The summed E-state index contributed by atoms with van der Waals surface area (Å²) in [6, 6.07) is 0. The molecule has 0 amide bonds. The van der Waals surface area contributed by atoms with E-state index < -0.39 is 6.10 Å². The van der Waals surface area contributed by atoms with E-state index >= 15 is 0 Å². The number of allylic oxidation sites excluding steroid dienone is 12. The first-order valence-corrected chi connectivity index (χ1v) is 28.9. The lowest BCUT2D eigenvalue weighted by atomic mass is 10.1. The summed E-state index contributed by atoms with van der Waals surface area (Å²) in [4.78, 5) is 38.0. The number of ether oxygens (including phenoxy) is 3. The van der Waals surface area contributed by atoms with Crippen molar-refractivity contribution in [3.63, 3.8) is 0 Å². The van der Waals surface area contributed by atoms with Gasteiger partial charge in [-0.1, -0.05) is 241 Å². The Balaban J connectivity index is 4.27. The van der Waals surface area contributed by atoms with Crippen LogP contribution in [0.1, 0.15) is 284 Å². The number of unbranched alkanes of at least 4 members (excludes halogenated alkanes) is 29. The van der Waals surface area contributed by atoms with Crippen LogP contribution in [0, 0.1) is 0 Å². The topological polar surface area (TPSA) is 78.9 Å². The largest absolute Gasteiger partial charge is 0.462 e. The summed E-state index contributed by atoms with van der Waals surface area (Å²) in [7, 11) is 0. The molecule has 1 atom stereocenters. The highest BCUT2D eigenvalue weighted by Crippen LogP contribution is 2.15. The first-order valence-electron chi connectivity index (χ1n) is 28.9. The van der Waals surface area contributed by atoms with Crippen molar-refractivity contribution in [3.8, 4) is 0 Å². The van der Waals surface area contributed by atoms with Gasteiger partial charge in [0.15, 0.2) is 6.10 Å². The predicted molar refractivity (Wildman–Crippen MR) is 293 cm³/mol. The maximum Gasteiger partial charge on any atom is 0.306 e. The van der Waals surface area contributed by atoms with E-state index in [1.165, 1.54) is 141 Å². The lowest BCUT2D eigenvalue weighted by Gasteiger charge is -2.18. The van der Waals surface area contributed by atoms with E-state index in [1.807, 2.05) is 0 Å². The minimum Gasteiger partial charge on any atom is -0.462 e. The highest BCUT2D eigenvalue weighted by molar-refractivity contribution is 5.71. The predicted octanol–water partition coefficient (Wildman–Crippen LogP) is 19.4. The van der Waals surface area contributed by atoms with E-state index in [0.717, 1.165) is 103 Å². The lowest BCUT2D eigenvalue weighted by molar-refractivity contribution is -0.167. The van der Waals surface area contributed by atoms with Crippen LogP contribution in [0.15, 0.2) is 72.9 Å². The zero-order valence-electron chi connectivity index (χ0n) is 44.9. The molecule has 6 heteroatoms. The number of carbonyl (C=O) groups is 3. The van der Waals surface area contributed by atoms with E-state index in [9.17, 15) is 14.4 Å². The molecule has 0 aliphatic heterocycles. The average molecular weight is 950 g/mol. The van der Waals surface area contributed by atoms with Crippen LogP contribution in [0.3, 0.4) is 0 Å². The molecule has 0 saturated carbocycles. The Kier molecular flexibility index (Phi) is 53.8. The molecule has 68 heavy (non-hydrogen) atoms. The van der Waals surface area contributed by atoms with Gasteiger partial charge >= 0.3 is 17.9 Å². The molecular weight excluding hydrogens is 841 g/mol. The van der Waals surface area contributed by atoms with E-state index in [4.69, 9.17) is 14.2 Å². The summed E-state index contributed by atoms with van der Waals surface area (Å²) in [5.74, 6) is -0.900. The normalized spacial score (nSPS) is 12.6. The molecule has 6 nitrogen and oxygen atoms in total. The monoisotopic (exact) mass is 949 g/mol. The molecule has 0 aliphatic rings. The summed E-state index contributed by atoms with van der Waals surface area (Å²) in [6.45, 7) is 6.57. The minimum absolute atomic E-state index is 0.0821. The molecule has 0 N–H and O–H groups in total. The third kappa shape index (κ3) is 53.8. The van der Waals surface area contributed by atoms with Crippen LogP contribution in [0.25, 0.3) is 0 Å². The van der Waals surface area contributed by atoms with Crippen molar-refractivity contribution >= 4 is 17.9 Å². The first kappa shape index (κ1) is 64.8. The molecular formula is C62H108O6. The molecule has 0 aromatic heterocycles. The van der Waals surface area contributed by atoms with Crippen molar-refractivity contribution in [1.82, 2.24) is 0 Å². The van der Waals surface area contributed by atoms with Gasteiger partial charge in [0.05, 0.1) is 0 Å². The van der Waals surface area contributed by atoms with Crippen molar-refractivity contribution in [2.45, 2.75) is 290 Å². The van der Waals surface area contributed by atoms with E-state index in [0.29, 0.717) is 19.3 Å².